The number of benzene rings is 1. The number of β-amino-alcohol motifs (C(OH)–C–C–N with tert-alkyl or cyclic N) is 1. The molecule has 1 aromatic carbocycles. The summed E-state index contributed by atoms with van der Waals surface area (Å²) >= 11 is 0. The number of carbonyl (C=O) groups excluding carboxylic acids is 1. The summed E-state index contributed by atoms with van der Waals surface area (Å²) < 4.78 is 36.7. The van der Waals surface area contributed by atoms with Crippen LogP contribution in [0.25, 0.3) is 0 Å². The Morgan fingerprint density at radius 1 is 1.38 bits per heavy atom. The second kappa shape index (κ2) is 7.79. The van der Waals surface area contributed by atoms with E-state index in [4.69, 9.17) is 4.74 Å². The second-order valence-corrected chi connectivity index (χ2v) is 6.11. The minimum Gasteiger partial charge on any atom is -0.487 e. The van der Waals surface area contributed by atoms with E-state index in [1.54, 1.807) is 0 Å². The molecule has 2 aromatic rings. The Bertz CT molecular complexity index is 763. The molecule has 1 aliphatic heterocycles. The first-order chi connectivity index (χ1) is 12.5. The van der Waals surface area contributed by atoms with Crippen LogP contribution >= 0.6 is 0 Å². The zero-order chi connectivity index (χ0) is 18.7. The van der Waals surface area contributed by atoms with E-state index in [9.17, 15) is 18.7 Å². The number of aliphatic hydroxyl groups is 1. The molecule has 1 aromatic heterocycles. The van der Waals surface area contributed by atoms with E-state index in [1.165, 1.54) is 13.3 Å². The number of aliphatic hydroxyl groups excluding tert-OH is 1. The third-order valence-electron chi connectivity index (χ3n) is 4.23. The molecule has 1 saturated heterocycles. The lowest BCUT2D eigenvalue weighted by Gasteiger charge is -2.35. The van der Waals surface area contributed by atoms with Crippen LogP contribution in [0.15, 0.2) is 24.4 Å². The molecule has 0 saturated carbocycles. The van der Waals surface area contributed by atoms with Crippen molar-refractivity contribution in [2.45, 2.75) is 25.2 Å². The Morgan fingerprint density at radius 2 is 2.12 bits per heavy atom. The summed E-state index contributed by atoms with van der Waals surface area (Å²) in [5, 5.41) is 16.8. The summed E-state index contributed by atoms with van der Waals surface area (Å²) in [7, 11) is 1.29. The van der Waals surface area contributed by atoms with Gasteiger partial charge in [0.1, 0.15) is 35.3 Å². The molecule has 0 spiro atoms. The third-order valence-corrected chi connectivity index (χ3v) is 4.23. The lowest BCUT2D eigenvalue weighted by atomic mass is 10.0. The van der Waals surface area contributed by atoms with E-state index in [2.05, 4.69) is 14.9 Å². The van der Waals surface area contributed by atoms with Gasteiger partial charge >= 0.3 is 5.97 Å². The van der Waals surface area contributed by atoms with Gasteiger partial charge < -0.3 is 14.6 Å². The highest BCUT2D eigenvalue weighted by molar-refractivity contribution is 5.88. The summed E-state index contributed by atoms with van der Waals surface area (Å²) in [6, 6.07) is 2.92. The fourth-order valence-electron chi connectivity index (χ4n) is 2.98. The standard InChI is InChI=1S/C17H19F2N3O4/c1-25-17(24)16-10(7-20-21-16)8-22-3-2-15(14(23)9-22)26-13-5-11(18)4-12(19)6-13/h4-7,14-15,23H,2-3,8-9H2,1H3,(H,20,21)/t14-,15-/m1/s1. The van der Waals surface area contributed by atoms with E-state index in [0.717, 1.165) is 18.2 Å². The topological polar surface area (TPSA) is 87.7 Å². The molecular weight excluding hydrogens is 348 g/mol. The highest BCUT2D eigenvalue weighted by Crippen LogP contribution is 2.23. The summed E-state index contributed by atoms with van der Waals surface area (Å²) in [5.74, 6) is -1.93. The molecule has 26 heavy (non-hydrogen) atoms. The van der Waals surface area contributed by atoms with Crippen molar-refractivity contribution < 1.29 is 28.2 Å². The van der Waals surface area contributed by atoms with Crippen molar-refractivity contribution in [2.75, 3.05) is 20.2 Å². The van der Waals surface area contributed by atoms with Crippen molar-refractivity contribution in [3.8, 4) is 5.75 Å². The van der Waals surface area contributed by atoms with Gasteiger partial charge in [-0.1, -0.05) is 0 Å². The number of hydrogen-bond donors (Lipinski definition) is 2. The van der Waals surface area contributed by atoms with Crippen LogP contribution in [0.4, 0.5) is 8.78 Å². The van der Waals surface area contributed by atoms with Crippen LogP contribution in [-0.4, -0.2) is 58.6 Å². The predicted molar refractivity (Wildman–Crippen MR) is 86.6 cm³/mol. The Morgan fingerprint density at radius 3 is 2.77 bits per heavy atom. The number of rotatable bonds is 5. The minimum absolute atomic E-state index is 0.0443. The van der Waals surface area contributed by atoms with Crippen LogP contribution in [0.5, 0.6) is 5.75 Å². The van der Waals surface area contributed by atoms with Crippen LogP contribution < -0.4 is 4.74 Å². The molecule has 1 fully saturated rings. The number of nitrogens with one attached hydrogen (secondary N) is 1. The maximum Gasteiger partial charge on any atom is 0.356 e. The fourth-order valence-corrected chi connectivity index (χ4v) is 2.98. The van der Waals surface area contributed by atoms with E-state index in [-0.39, 0.29) is 18.0 Å². The maximum atomic E-state index is 13.2. The Hall–Kier alpha value is -2.52. The number of hydrogen-bond acceptors (Lipinski definition) is 6. The van der Waals surface area contributed by atoms with Gasteiger partial charge in [0.25, 0.3) is 0 Å². The van der Waals surface area contributed by atoms with Crippen molar-refractivity contribution in [1.82, 2.24) is 15.1 Å². The first-order valence-corrected chi connectivity index (χ1v) is 8.10. The second-order valence-electron chi connectivity index (χ2n) is 6.11. The summed E-state index contributed by atoms with van der Waals surface area (Å²) in [5.41, 5.74) is 0.936. The quantitative estimate of drug-likeness (QED) is 0.779. The van der Waals surface area contributed by atoms with Gasteiger partial charge in [-0.3, -0.25) is 10.00 Å². The molecule has 140 valence electrons. The highest BCUT2D eigenvalue weighted by Gasteiger charge is 2.30. The highest BCUT2D eigenvalue weighted by atomic mass is 19.1. The molecule has 0 unspecified atom stereocenters. The van der Waals surface area contributed by atoms with E-state index < -0.39 is 29.8 Å². The Kier molecular flexibility index (Phi) is 5.48. The van der Waals surface area contributed by atoms with Gasteiger partial charge in [0.2, 0.25) is 0 Å². The third kappa shape index (κ3) is 4.17. The van der Waals surface area contributed by atoms with Crippen molar-refractivity contribution >= 4 is 5.97 Å². The largest absolute Gasteiger partial charge is 0.487 e. The van der Waals surface area contributed by atoms with Crippen molar-refractivity contribution in [2.24, 2.45) is 0 Å². The normalized spacial score (nSPS) is 20.8. The van der Waals surface area contributed by atoms with E-state index in [1.807, 2.05) is 4.90 Å². The number of aromatic nitrogens is 2. The zero-order valence-corrected chi connectivity index (χ0v) is 14.1. The Balaban J connectivity index is 1.60. The van der Waals surface area contributed by atoms with Crippen molar-refractivity contribution in [3.63, 3.8) is 0 Å². The smallest absolute Gasteiger partial charge is 0.356 e. The van der Waals surface area contributed by atoms with Gasteiger partial charge in [-0.2, -0.15) is 5.10 Å². The number of carbonyl (C=O) groups is 1. The van der Waals surface area contributed by atoms with Crippen LogP contribution in [0, 0.1) is 11.6 Å². The molecule has 9 heteroatoms. The lowest BCUT2D eigenvalue weighted by Crippen LogP contribution is -2.48. The van der Waals surface area contributed by atoms with Crippen LogP contribution in [-0.2, 0) is 11.3 Å². The maximum absolute atomic E-state index is 13.2. The molecule has 7 nitrogen and oxygen atoms in total. The number of methoxy groups -OCH3 is 1. The number of piperidine rings is 1. The molecular formula is C17H19F2N3O4. The van der Waals surface area contributed by atoms with Gasteiger partial charge in [0.05, 0.1) is 13.3 Å². The number of aromatic amines is 1. The summed E-state index contributed by atoms with van der Waals surface area (Å²) in [6.45, 7) is 1.26. The summed E-state index contributed by atoms with van der Waals surface area (Å²) in [4.78, 5) is 13.6. The SMILES string of the molecule is COC(=O)c1[nH]ncc1CN1CC[C@@H](Oc2cc(F)cc(F)c2)[C@H](O)C1. The van der Waals surface area contributed by atoms with E-state index >= 15 is 0 Å². The monoisotopic (exact) mass is 367 g/mol. The van der Waals surface area contributed by atoms with Gasteiger partial charge in [0.15, 0.2) is 0 Å². The van der Waals surface area contributed by atoms with Gasteiger partial charge in [0, 0.05) is 43.4 Å². The number of halogens is 2. The molecule has 0 amide bonds. The number of likely N-dealkylation sites (tertiary alicyclic amines) is 1. The van der Waals surface area contributed by atoms with Crippen LogP contribution in [0.3, 0.4) is 0 Å². The lowest BCUT2D eigenvalue weighted by molar-refractivity contribution is -0.0277. The Labute approximate surface area is 148 Å². The molecule has 0 bridgehead atoms. The number of ether oxygens (including phenoxy) is 2. The van der Waals surface area contributed by atoms with E-state index in [0.29, 0.717) is 25.1 Å². The molecule has 2 heterocycles. The average Bonchev–Trinajstić information content (AvgIpc) is 3.04. The summed E-state index contributed by atoms with van der Waals surface area (Å²) in [6.07, 6.45) is 0.585. The van der Waals surface area contributed by atoms with Crippen LogP contribution in [0.1, 0.15) is 22.5 Å². The van der Waals surface area contributed by atoms with Crippen molar-refractivity contribution in [1.29, 1.82) is 0 Å². The van der Waals surface area contributed by atoms with Crippen molar-refractivity contribution in [3.05, 3.63) is 47.3 Å². The zero-order valence-electron chi connectivity index (χ0n) is 14.1. The fraction of sp³-hybridized carbons (Fsp3) is 0.412. The molecule has 0 aliphatic carbocycles. The number of H-pyrrole nitrogens is 1. The van der Waals surface area contributed by atoms with Gasteiger partial charge in [-0.05, 0) is 6.42 Å². The first kappa shape index (κ1) is 18.3. The average molecular weight is 367 g/mol. The van der Waals surface area contributed by atoms with Gasteiger partial charge in [-0.25, -0.2) is 13.6 Å². The van der Waals surface area contributed by atoms with Crippen LogP contribution in [0.2, 0.25) is 0 Å². The number of nitrogens with zero attached hydrogens (tertiary/aromatic N) is 2. The minimum atomic E-state index is -0.844. The first-order valence-electron chi connectivity index (χ1n) is 8.10. The molecule has 3 rings (SSSR count). The molecule has 1 aliphatic rings. The molecule has 2 N–H and O–H groups in total. The number of esters is 1. The van der Waals surface area contributed by atoms with Gasteiger partial charge in [-0.15, -0.1) is 0 Å². The molecule has 0 radical (unpaired) electrons. The molecule has 2 atom stereocenters. The predicted octanol–water partition coefficient (Wildman–Crippen LogP) is 1.49.